The highest BCUT2D eigenvalue weighted by Gasteiger charge is 2.33. The van der Waals surface area contributed by atoms with E-state index in [1.54, 1.807) is 12.5 Å². The van der Waals surface area contributed by atoms with Crippen molar-refractivity contribution in [2.24, 2.45) is 0 Å². The SMILES string of the molecule is O=C(O)[C@@H]1CCCN1C(=O)NCCc1cnc[nH]1. The summed E-state index contributed by atoms with van der Waals surface area (Å²) in [6.07, 6.45) is 5.20. The van der Waals surface area contributed by atoms with Gasteiger partial charge in [-0.05, 0) is 12.8 Å². The number of rotatable bonds is 4. The van der Waals surface area contributed by atoms with Crippen LogP contribution in [0.4, 0.5) is 4.79 Å². The van der Waals surface area contributed by atoms with Crippen LogP contribution in [-0.2, 0) is 11.2 Å². The number of aromatic nitrogens is 2. The summed E-state index contributed by atoms with van der Waals surface area (Å²) in [5.41, 5.74) is 0.937. The molecule has 0 aromatic carbocycles. The number of amides is 2. The van der Waals surface area contributed by atoms with Crippen LogP contribution in [0.1, 0.15) is 18.5 Å². The molecule has 7 nitrogen and oxygen atoms in total. The fourth-order valence-corrected chi connectivity index (χ4v) is 2.09. The third-order valence-electron chi connectivity index (χ3n) is 3.02. The van der Waals surface area contributed by atoms with E-state index < -0.39 is 12.0 Å². The van der Waals surface area contributed by atoms with Gasteiger partial charge in [0, 0.05) is 31.4 Å². The van der Waals surface area contributed by atoms with Gasteiger partial charge in [0.25, 0.3) is 0 Å². The van der Waals surface area contributed by atoms with Crippen LogP contribution in [0.2, 0.25) is 0 Å². The molecule has 1 fully saturated rings. The van der Waals surface area contributed by atoms with E-state index >= 15 is 0 Å². The van der Waals surface area contributed by atoms with Gasteiger partial charge in [-0.15, -0.1) is 0 Å². The largest absolute Gasteiger partial charge is 0.480 e. The van der Waals surface area contributed by atoms with Gasteiger partial charge in [0.15, 0.2) is 0 Å². The summed E-state index contributed by atoms with van der Waals surface area (Å²) >= 11 is 0. The Kier molecular flexibility index (Phi) is 3.81. The molecule has 0 radical (unpaired) electrons. The molecule has 0 bridgehead atoms. The van der Waals surface area contributed by atoms with E-state index in [2.05, 4.69) is 15.3 Å². The van der Waals surface area contributed by atoms with Gasteiger partial charge in [-0.3, -0.25) is 0 Å². The summed E-state index contributed by atoms with van der Waals surface area (Å²) in [6.45, 7) is 0.969. The van der Waals surface area contributed by atoms with Crippen LogP contribution >= 0.6 is 0 Å². The molecule has 1 aliphatic rings. The topological polar surface area (TPSA) is 98.3 Å². The molecule has 2 amide bonds. The highest BCUT2D eigenvalue weighted by molar-refractivity contribution is 5.83. The lowest BCUT2D eigenvalue weighted by atomic mass is 10.2. The summed E-state index contributed by atoms with van der Waals surface area (Å²) < 4.78 is 0. The Morgan fingerprint density at radius 3 is 3.11 bits per heavy atom. The number of likely N-dealkylation sites (tertiary alicyclic amines) is 1. The maximum absolute atomic E-state index is 11.8. The second-order valence-corrected chi connectivity index (χ2v) is 4.25. The molecule has 0 saturated carbocycles. The standard InChI is InChI=1S/C11H16N4O3/c16-10(17)9-2-1-5-15(9)11(18)13-4-3-8-6-12-7-14-8/h6-7,9H,1-5H2,(H,12,14)(H,13,18)(H,16,17)/t9-/m0/s1. The number of nitrogens with one attached hydrogen (secondary N) is 2. The quantitative estimate of drug-likeness (QED) is 0.713. The number of imidazole rings is 1. The van der Waals surface area contributed by atoms with Crippen molar-refractivity contribution in [1.82, 2.24) is 20.2 Å². The first-order valence-electron chi connectivity index (χ1n) is 5.93. The maximum Gasteiger partial charge on any atom is 0.326 e. The number of H-pyrrole nitrogens is 1. The van der Waals surface area contributed by atoms with Gasteiger partial charge in [-0.1, -0.05) is 0 Å². The summed E-state index contributed by atoms with van der Waals surface area (Å²) in [5.74, 6) is -0.934. The third kappa shape index (κ3) is 2.79. The van der Waals surface area contributed by atoms with Crippen LogP contribution in [0.25, 0.3) is 0 Å². The van der Waals surface area contributed by atoms with Crippen molar-refractivity contribution in [3.8, 4) is 0 Å². The zero-order valence-electron chi connectivity index (χ0n) is 9.93. The molecule has 98 valence electrons. The molecule has 2 heterocycles. The molecule has 2 rings (SSSR count). The lowest BCUT2D eigenvalue weighted by Crippen LogP contribution is -2.46. The van der Waals surface area contributed by atoms with Crippen molar-refractivity contribution in [3.05, 3.63) is 18.2 Å². The van der Waals surface area contributed by atoms with Gasteiger partial charge in [-0.2, -0.15) is 0 Å². The Morgan fingerprint density at radius 2 is 2.44 bits per heavy atom. The number of urea groups is 1. The molecule has 7 heteroatoms. The van der Waals surface area contributed by atoms with Gasteiger partial charge in [0.2, 0.25) is 0 Å². The first-order chi connectivity index (χ1) is 8.68. The number of carboxylic acids is 1. The number of aromatic amines is 1. The number of carbonyl (C=O) groups is 2. The predicted molar refractivity (Wildman–Crippen MR) is 63.1 cm³/mol. The minimum absolute atomic E-state index is 0.306. The van der Waals surface area contributed by atoms with Crippen molar-refractivity contribution in [2.45, 2.75) is 25.3 Å². The summed E-state index contributed by atoms with van der Waals surface area (Å²) in [4.78, 5) is 31.0. The van der Waals surface area contributed by atoms with E-state index in [-0.39, 0.29) is 6.03 Å². The summed E-state index contributed by atoms with van der Waals surface area (Å²) in [5, 5.41) is 11.7. The zero-order valence-corrected chi connectivity index (χ0v) is 9.93. The molecule has 0 unspecified atom stereocenters. The molecule has 3 N–H and O–H groups in total. The van der Waals surface area contributed by atoms with Crippen LogP contribution < -0.4 is 5.32 Å². The highest BCUT2D eigenvalue weighted by atomic mass is 16.4. The fourth-order valence-electron chi connectivity index (χ4n) is 2.09. The molecule has 1 aliphatic heterocycles. The number of nitrogens with zero attached hydrogens (tertiary/aromatic N) is 2. The van der Waals surface area contributed by atoms with Crippen molar-refractivity contribution in [1.29, 1.82) is 0 Å². The van der Waals surface area contributed by atoms with Gasteiger partial charge in [0.1, 0.15) is 6.04 Å². The summed E-state index contributed by atoms with van der Waals surface area (Å²) in [6, 6.07) is -0.989. The lowest BCUT2D eigenvalue weighted by Gasteiger charge is -2.21. The average Bonchev–Trinajstić information content (AvgIpc) is 2.99. The van der Waals surface area contributed by atoms with Crippen molar-refractivity contribution >= 4 is 12.0 Å². The molecule has 1 atom stereocenters. The Bertz CT molecular complexity index is 418. The van der Waals surface area contributed by atoms with Gasteiger partial charge >= 0.3 is 12.0 Å². The maximum atomic E-state index is 11.8. The molecule has 1 aromatic rings. The zero-order chi connectivity index (χ0) is 13.0. The number of carboxylic acid groups (broad SMARTS) is 1. The fraction of sp³-hybridized carbons (Fsp3) is 0.545. The van der Waals surface area contributed by atoms with Crippen molar-refractivity contribution in [3.63, 3.8) is 0 Å². The Hall–Kier alpha value is -2.05. The molecule has 1 aromatic heterocycles. The van der Waals surface area contributed by atoms with Crippen molar-refractivity contribution < 1.29 is 14.7 Å². The predicted octanol–water partition coefficient (Wildman–Crippen LogP) is 0.211. The molecular weight excluding hydrogens is 236 g/mol. The second-order valence-electron chi connectivity index (χ2n) is 4.25. The van der Waals surface area contributed by atoms with E-state index in [9.17, 15) is 9.59 Å². The first-order valence-corrected chi connectivity index (χ1v) is 5.93. The Labute approximate surface area is 104 Å². The van der Waals surface area contributed by atoms with Gasteiger partial charge in [0.05, 0.1) is 6.33 Å². The van der Waals surface area contributed by atoms with E-state index in [1.807, 2.05) is 0 Å². The number of carbonyl (C=O) groups excluding carboxylic acids is 1. The van der Waals surface area contributed by atoms with E-state index in [0.717, 1.165) is 12.1 Å². The average molecular weight is 252 g/mol. The van der Waals surface area contributed by atoms with Crippen LogP contribution in [-0.4, -0.2) is 51.1 Å². The van der Waals surface area contributed by atoms with Crippen LogP contribution in [0.3, 0.4) is 0 Å². The Morgan fingerprint density at radius 1 is 1.61 bits per heavy atom. The van der Waals surface area contributed by atoms with Gasteiger partial charge < -0.3 is 20.3 Å². The normalized spacial score (nSPS) is 18.9. The van der Waals surface area contributed by atoms with Crippen LogP contribution in [0, 0.1) is 0 Å². The number of hydrogen-bond acceptors (Lipinski definition) is 3. The number of aliphatic carboxylic acids is 1. The Balaban J connectivity index is 1.79. The number of hydrogen-bond donors (Lipinski definition) is 3. The summed E-state index contributed by atoms with van der Waals surface area (Å²) in [7, 11) is 0. The van der Waals surface area contributed by atoms with Crippen LogP contribution in [0.15, 0.2) is 12.5 Å². The molecule has 18 heavy (non-hydrogen) atoms. The van der Waals surface area contributed by atoms with E-state index in [4.69, 9.17) is 5.11 Å². The van der Waals surface area contributed by atoms with Gasteiger partial charge in [-0.25, -0.2) is 14.6 Å². The minimum Gasteiger partial charge on any atom is -0.480 e. The molecular formula is C11H16N4O3. The monoisotopic (exact) mass is 252 g/mol. The van der Waals surface area contributed by atoms with Crippen LogP contribution in [0.5, 0.6) is 0 Å². The smallest absolute Gasteiger partial charge is 0.326 e. The van der Waals surface area contributed by atoms with Crippen molar-refractivity contribution in [2.75, 3.05) is 13.1 Å². The van der Waals surface area contributed by atoms with E-state index in [1.165, 1.54) is 4.90 Å². The second kappa shape index (κ2) is 5.52. The molecule has 0 spiro atoms. The van der Waals surface area contributed by atoms with E-state index in [0.29, 0.717) is 25.9 Å². The lowest BCUT2D eigenvalue weighted by molar-refractivity contribution is -0.141. The highest BCUT2D eigenvalue weighted by Crippen LogP contribution is 2.17. The molecule has 0 aliphatic carbocycles. The first kappa shape index (κ1) is 12.4. The minimum atomic E-state index is -0.934. The molecule has 1 saturated heterocycles. The third-order valence-corrected chi connectivity index (χ3v) is 3.02.